The van der Waals surface area contributed by atoms with E-state index in [1.165, 1.54) is 5.56 Å². The van der Waals surface area contributed by atoms with Gasteiger partial charge in [-0.25, -0.2) is 9.97 Å². The van der Waals surface area contributed by atoms with Gasteiger partial charge in [-0.3, -0.25) is 9.59 Å². The monoisotopic (exact) mass is 553 g/mol. The number of fused-ring (bicyclic) bond motifs is 1. The summed E-state index contributed by atoms with van der Waals surface area (Å²) in [7, 11) is 0. The van der Waals surface area contributed by atoms with Crippen LogP contribution in [0.15, 0.2) is 36.8 Å². The molecule has 3 N–H and O–H groups in total. The first-order valence-electron chi connectivity index (χ1n) is 13.6. The lowest BCUT2D eigenvalue weighted by Gasteiger charge is -2.41. The number of carbonyl (C=O) groups is 2. The Hall–Kier alpha value is -3.17. The van der Waals surface area contributed by atoms with Gasteiger partial charge in [0.25, 0.3) is 0 Å². The van der Waals surface area contributed by atoms with Crippen molar-refractivity contribution >= 4 is 40.3 Å². The van der Waals surface area contributed by atoms with Crippen molar-refractivity contribution in [2.75, 3.05) is 24.6 Å². The molecule has 9 nitrogen and oxygen atoms in total. The molecule has 1 aromatic carbocycles. The Balaban J connectivity index is 1.42. The summed E-state index contributed by atoms with van der Waals surface area (Å²) in [5.74, 6) is 0.439. The first kappa shape index (κ1) is 27.4. The van der Waals surface area contributed by atoms with E-state index in [-0.39, 0.29) is 19.4 Å². The van der Waals surface area contributed by atoms with Gasteiger partial charge in [0, 0.05) is 30.9 Å². The van der Waals surface area contributed by atoms with Crippen LogP contribution in [0.2, 0.25) is 5.02 Å². The van der Waals surface area contributed by atoms with Crippen molar-refractivity contribution in [3.8, 4) is 0 Å². The van der Waals surface area contributed by atoms with E-state index < -0.39 is 28.9 Å². The fourth-order valence-electron chi connectivity index (χ4n) is 5.37. The lowest BCUT2D eigenvalue weighted by Crippen LogP contribution is -2.55. The number of carbonyl (C=O) groups excluding carboxylic acids is 2. The number of H-pyrrole nitrogens is 1. The van der Waals surface area contributed by atoms with Crippen LogP contribution < -0.4 is 10.2 Å². The number of amides is 1. The third-order valence-electron chi connectivity index (χ3n) is 7.63. The van der Waals surface area contributed by atoms with Crippen LogP contribution in [0.3, 0.4) is 0 Å². The zero-order valence-corrected chi connectivity index (χ0v) is 23.4. The van der Waals surface area contributed by atoms with Crippen LogP contribution in [0.1, 0.15) is 76.0 Å². The number of aromatic amines is 1. The second kappa shape index (κ2) is 10.8. The Morgan fingerprint density at radius 3 is 2.51 bits per heavy atom. The van der Waals surface area contributed by atoms with Crippen molar-refractivity contribution in [1.29, 1.82) is 0 Å². The molecule has 2 aliphatic rings. The van der Waals surface area contributed by atoms with E-state index in [0.717, 1.165) is 35.3 Å². The van der Waals surface area contributed by atoms with Crippen LogP contribution in [-0.2, 0) is 14.3 Å². The third kappa shape index (κ3) is 5.75. The maximum absolute atomic E-state index is 14.0. The Labute approximate surface area is 233 Å². The molecule has 2 aromatic heterocycles. The van der Waals surface area contributed by atoms with Gasteiger partial charge in [0.2, 0.25) is 5.91 Å². The van der Waals surface area contributed by atoms with Crippen LogP contribution in [-0.4, -0.2) is 57.2 Å². The number of benzene rings is 1. The van der Waals surface area contributed by atoms with Gasteiger partial charge in [0.1, 0.15) is 28.8 Å². The van der Waals surface area contributed by atoms with E-state index in [1.807, 2.05) is 18.3 Å². The normalized spacial score (nSPS) is 18.1. The molecule has 3 aromatic rings. The van der Waals surface area contributed by atoms with Gasteiger partial charge >= 0.3 is 5.97 Å². The molecule has 0 unspecified atom stereocenters. The maximum Gasteiger partial charge on any atom is 0.322 e. The quantitative estimate of drug-likeness (QED) is 0.274. The van der Waals surface area contributed by atoms with Crippen molar-refractivity contribution in [3.05, 3.63) is 52.9 Å². The van der Waals surface area contributed by atoms with Gasteiger partial charge < -0.3 is 25.0 Å². The first-order chi connectivity index (χ1) is 18.6. The molecule has 1 aliphatic heterocycles. The summed E-state index contributed by atoms with van der Waals surface area (Å²) in [5, 5.41) is 14.4. The summed E-state index contributed by atoms with van der Waals surface area (Å²) in [5.41, 5.74) is 0.733. The van der Waals surface area contributed by atoms with Crippen molar-refractivity contribution in [2.45, 2.75) is 70.4 Å². The van der Waals surface area contributed by atoms with Crippen LogP contribution in [0.4, 0.5) is 5.82 Å². The molecule has 10 heteroatoms. The Bertz CT molecular complexity index is 1340. The molecule has 0 bridgehead atoms. The number of rotatable bonds is 8. The second-order valence-electron chi connectivity index (χ2n) is 11.6. The summed E-state index contributed by atoms with van der Waals surface area (Å²) < 4.78 is 5.81. The molecule has 3 heterocycles. The maximum atomic E-state index is 14.0. The summed E-state index contributed by atoms with van der Waals surface area (Å²) >= 11 is 6.06. The predicted molar refractivity (Wildman–Crippen MR) is 150 cm³/mol. The van der Waals surface area contributed by atoms with Gasteiger partial charge in [0.15, 0.2) is 0 Å². The van der Waals surface area contributed by atoms with E-state index in [9.17, 15) is 14.7 Å². The number of nitrogens with zero attached hydrogens (tertiary/aromatic N) is 3. The molecule has 2 fully saturated rings. The molecule has 0 radical (unpaired) electrons. The smallest absolute Gasteiger partial charge is 0.322 e. The average molecular weight is 554 g/mol. The molecular formula is C29H36ClN5O4. The number of halogens is 1. The number of hydrogen-bond donors (Lipinski definition) is 3. The standard InChI is InChI=1S/C29H36ClN5O4/c1-28(2,3)39-27(38)29(26(37)34-22(10-15-36)19-6-8-20(30)9-7-19)11-13-35(14-12-29)25-23-21(18-4-5-18)16-31-24(23)32-17-33-25/h6-9,16-18,22,36H,4-5,10-15H2,1-3H3,(H,34,37)(H,31,32,33)/t22-/m0/s1. The SMILES string of the molecule is CC(C)(C)OC(=O)C1(C(=O)N[C@@H](CCO)c2ccc(Cl)cc2)CCN(c2ncnc3[nH]cc(C4CC4)c23)CC1. The average Bonchev–Trinajstić information content (AvgIpc) is 3.65. The largest absolute Gasteiger partial charge is 0.459 e. The van der Waals surface area contributed by atoms with Crippen molar-refractivity contribution in [2.24, 2.45) is 5.41 Å². The fourth-order valence-corrected chi connectivity index (χ4v) is 5.49. The minimum absolute atomic E-state index is 0.121. The van der Waals surface area contributed by atoms with E-state index in [1.54, 1.807) is 39.2 Å². The molecular weight excluding hydrogens is 518 g/mol. The molecule has 208 valence electrons. The number of ether oxygens (including phenoxy) is 1. The molecule has 1 atom stereocenters. The number of piperidine rings is 1. The van der Waals surface area contributed by atoms with Gasteiger partial charge in [-0.15, -0.1) is 0 Å². The van der Waals surface area contributed by atoms with Crippen LogP contribution >= 0.6 is 11.6 Å². The lowest BCUT2D eigenvalue weighted by molar-refractivity contribution is -0.173. The predicted octanol–water partition coefficient (Wildman–Crippen LogP) is 4.66. The van der Waals surface area contributed by atoms with Gasteiger partial charge in [0.05, 0.1) is 11.4 Å². The molecule has 1 amide bonds. The van der Waals surface area contributed by atoms with Gasteiger partial charge in [-0.2, -0.15) is 0 Å². The number of aliphatic hydroxyl groups is 1. The number of hydrogen-bond acceptors (Lipinski definition) is 7. The van der Waals surface area contributed by atoms with Crippen LogP contribution in [0.25, 0.3) is 11.0 Å². The van der Waals surface area contributed by atoms with Crippen molar-refractivity contribution in [1.82, 2.24) is 20.3 Å². The molecule has 5 rings (SSSR count). The fraction of sp³-hybridized carbons (Fsp3) is 0.517. The Kier molecular flexibility index (Phi) is 7.57. The number of aromatic nitrogens is 3. The highest BCUT2D eigenvalue weighted by Crippen LogP contribution is 2.46. The third-order valence-corrected chi connectivity index (χ3v) is 7.89. The summed E-state index contributed by atoms with van der Waals surface area (Å²) in [4.78, 5) is 42.1. The highest BCUT2D eigenvalue weighted by atomic mass is 35.5. The van der Waals surface area contributed by atoms with Gasteiger partial charge in [-0.05, 0) is 82.1 Å². The van der Waals surface area contributed by atoms with E-state index in [4.69, 9.17) is 16.3 Å². The number of nitrogens with one attached hydrogen (secondary N) is 2. The Morgan fingerprint density at radius 1 is 1.21 bits per heavy atom. The Morgan fingerprint density at radius 2 is 1.90 bits per heavy atom. The zero-order chi connectivity index (χ0) is 27.8. The van der Waals surface area contributed by atoms with Crippen LogP contribution in [0, 0.1) is 5.41 Å². The second-order valence-corrected chi connectivity index (χ2v) is 12.0. The highest BCUT2D eigenvalue weighted by molar-refractivity contribution is 6.30. The summed E-state index contributed by atoms with van der Waals surface area (Å²) in [6.07, 6.45) is 6.75. The topological polar surface area (TPSA) is 120 Å². The lowest BCUT2D eigenvalue weighted by atomic mass is 9.76. The molecule has 0 spiro atoms. The number of anilines is 1. The number of aliphatic hydroxyl groups excluding tert-OH is 1. The molecule has 1 saturated carbocycles. The van der Waals surface area contributed by atoms with Crippen LogP contribution in [0.5, 0.6) is 0 Å². The van der Waals surface area contributed by atoms with E-state index in [0.29, 0.717) is 30.5 Å². The minimum atomic E-state index is -1.37. The van der Waals surface area contributed by atoms with Gasteiger partial charge in [-0.1, -0.05) is 23.7 Å². The number of esters is 1. The summed E-state index contributed by atoms with van der Waals surface area (Å²) in [6, 6.07) is 6.66. The van der Waals surface area contributed by atoms with Crippen molar-refractivity contribution < 1.29 is 19.4 Å². The van der Waals surface area contributed by atoms with E-state index in [2.05, 4.69) is 25.2 Å². The summed E-state index contributed by atoms with van der Waals surface area (Å²) in [6.45, 7) is 6.20. The molecule has 1 aliphatic carbocycles. The molecule has 1 saturated heterocycles. The van der Waals surface area contributed by atoms with E-state index >= 15 is 0 Å². The molecule has 39 heavy (non-hydrogen) atoms. The highest BCUT2D eigenvalue weighted by Gasteiger charge is 2.51. The first-order valence-corrected chi connectivity index (χ1v) is 14.0. The minimum Gasteiger partial charge on any atom is -0.459 e. The van der Waals surface area contributed by atoms with Crippen molar-refractivity contribution in [3.63, 3.8) is 0 Å². The zero-order valence-electron chi connectivity index (χ0n) is 22.7.